The van der Waals surface area contributed by atoms with Gasteiger partial charge in [0, 0.05) is 31.1 Å². The van der Waals surface area contributed by atoms with E-state index in [1.807, 2.05) is 18.2 Å². The number of hydrogen-bond acceptors (Lipinski definition) is 4. The molecule has 2 rings (SSSR count). The summed E-state index contributed by atoms with van der Waals surface area (Å²) in [5, 5.41) is 8.59. The Morgan fingerprint density at radius 1 is 1.30 bits per heavy atom. The van der Waals surface area contributed by atoms with Crippen LogP contribution < -0.4 is 4.90 Å². The van der Waals surface area contributed by atoms with Gasteiger partial charge in [-0.25, -0.2) is 9.98 Å². The predicted molar refractivity (Wildman–Crippen MR) is 82.6 cm³/mol. The number of nitrogens with zero attached hydrogens (tertiary/aromatic N) is 4. The van der Waals surface area contributed by atoms with Crippen LogP contribution in [0.3, 0.4) is 0 Å². The summed E-state index contributed by atoms with van der Waals surface area (Å²) in [6.45, 7) is 9.57. The van der Waals surface area contributed by atoms with E-state index in [2.05, 4.69) is 28.0 Å². The number of anilines is 1. The van der Waals surface area contributed by atoms with Gasteiger partial charge in [-0.15, -0.1) is 0 Å². The second-order valence-corrected chi connectivity index (χ2v) is 4.79. The summed E-state index contributed by atoms with van der Waals surface area (Å²) in [7, 11) is 0. The molecule has 0 amide bonds. The summed E-state index contributed by atoms with van der Waals surface area (Å²) in [4.78, 5) is 10.7. The van der Waals surface area contributed by atoms with E-state index in [4.69, 9.17) is 5.26 Å². The van der Waals surface area contributed by atoms with Crippen LogP contribution in [0.1, 0.15) is 24.8 Å². The minimum atomic E-state index is 0.170. The number of hydrogen-bond donors (Lipinski definition) is 0. The summed E-state index contributed by atoms with van der Waals surface area (Å²) >= 11 is 0. The summed E-state index contributed by atoms with van der Waals surface area (Å²) < 4.78 is 0. The second-order valence-electron chi connectivity index (χ2n) is 4.79. The third-order valence-corrected chi connectivity index (χ3v) is 3.30. The highest BCUT2D eigenvalue weighted by atomic mass is 15.2. The van der Waals surface area contributed by atoms with Gasteiger partial charge in [0.25, 0.3) is 0 Å². The number of piperidine rings is 1. The largest absolute Gasteiger partial charge is 0.357 e. The molecule has 2 heterocycles. The van der Waals surface area contributed by atoms with Crippen molar-refractivity contribution in [1.82, 2.24) is 4.98 Å². The Labute approximate surface area is 119 Å². The van der Waals surface area contributed by atoms with E-state index in [0.29, 0.717) is 0 Å². The molecule has 1 saturated heterocycles. The monoisotopic (exact) mass is 266 g/mol. The molecule has 0 aliphatic carbocycles. The van der Waals surface area contributed by atoms with Crippen LogP contribution in [0.25, 0.3) is 5.57 Å². The maximum Gasteiger partial charge on any atom is 0.133 e. The minimum Gasteiger partial charge on any atom is -0.357 e. The number of nitriles is 1. The molecule has 20 heavy (non-hydrogen) atoms. The van der Waals surface area contributed by atoms with E-state index in [9.17, 15) is 0 Å². The van der Waals surface area contributed by atoms with Gasteiger partial charge in [0.1, 0.15) is 17.6 Å². The molecule has 0 N–H and O–H groups in total. The van der Waals surface area contributed by atoms with Crippen molar-refractivity contribution < 1.29 is 0 Å². The molecule has 0 unspecified atom stereocenters. The zero-order valence-corrected chi connectivity index (χ0v) is 11.5. The Hall–Kier alpha value is -2.41. The minimum absolute atomic E-state index is 0.170. The summed E-state index contributed by atoms with van der Waals surface area (Å²) in [5.41, 5.74) is 1.79. The fourth-order valence-electron chi connectivity index (χ4n) is 2.15. The van der Waals surface area contributed by atoms with Gasteiger partial charge in [0.15, 0.2) is 0 Å². The van der Waals surface area contributed by atoms with Crippen molar-refractivity contribution in [3.63, 3.8) is 0 Å². The quantitative estimate of drug-likeness (QED) is 0.621. The van der Waals surface area contributed by atoms with Gasteiger partial charge >= 0.3 is 0 Å². The molecule has 1 aromatic rings. The van der Waals surface area contributed by atoms with E-state index in [1.165, 1.54) is 19.3 Å². The van der Waals surface area contributed by atoms with Crippen LogP contribution in [0.2, 0.25) is 0 Å². The second kappa shape index (κ2) is 6.67. The van der Waals surface area contributed by atoms with Crippen molar-refractivity contribution in [1.29, 1.82) is 5.26 Å². The van der Waals surface area contributed by atoms with Crippen LogP contribution in [0.15, 0.2) is 42.2 Å². The number of aromatic nitrogens is 1. The molecule has 4 heteroatoms. The average molecular weight is 266 g/mol. The maximum absolute atomic E-state index is 8.59. The first-order chi connectivity index (χ1) is 9.70. The highest BCUT2D eigenvalue weighted by Gasteiger charge is 2.11. The normalized spacial score (nSPS) is 15.1. The molecule has 1 fully saturated rings. The topological polar surface area (TPSA) is 52.3 Å². The third kappa shape index (κ3) is 3.55. The molecule has 1 aromatic heterocycles. The van der Waals surface area contributed by atoms with Gasteiger partial charge in [0.2, 0.25) is 0 Å². The van der Waals surface area contributed by atoms with Gasteiger partial charge < -0.3 is 4.90 Å². The van der Waals surface area contributed by atoms with Gasteiger partial charge in [0.05, 0.1) is 0 Å². The molecule has 0 spiro atoms. The molecule has 4 nitrogen and oxygen atoms in total. The Morgan fingerprint density at radius 2 is 2.05 bits per heavy atom. The lowest BCUT2D eigenvalue weighted by molar-refractivity contribution is 0.573. The smallest absolute Gasteiger partial charge is 0.133 e. The van der Waals surface area contributed by atoms with Crippen molar-refractivity contribution >= 4 is 17.6 Å². The van der Waals surface area contributed by atoms with Crippen molar-refractivity contribution in [2.45, 2.75) is 19.3 Å². The van der Waals surface area contributed by atoms with E-state index in [1.54, 1.807) is 12.4 Å². The van der Waals surface area contributed by atoms with Crippen molar-refractivity contribution in [3.05, 3.63) is 42.7 Å². The molecule has 0 radical (unpaired) electrons. The van der Waals surface area contributed by atoms with E-state index in [0.717, 1.165) is 30.0 Å². The highest BCUT2D eigenvalue weighted by molar-refractivity contribution is 6.09. The van der Waals surface area contributed by atoms with Gasteiger partial charge in [-0.1, -0.05) is 13.2 Å². The van der Waals surface area contributed by atoms with Crippen LogP contribution >= 0.6 is 0 Å². The number of aliphatic imine (C=N–C) groups is 1. The van der Waals surface area contributed by atoms with E-state index >= 15 is 0 Å². The molecule has 0 saturated carbocycles. The summed E-state index contributed by atoms with van der Waals surface area (Å²) in [5.74, 6) is 1.01. The van der Waals surface area contributed by atoms with Gasteiger partial charge in [-0.3, -0.25) is 0 Å². The molecule has 0 aromatic carbocycles. The SMILES string of the molecule is C=C(C#N)N=CC(=C)c1ccc(N2CCCCC2)nc1. The lowest BCUT2D eigenvalue weighted by Crippen LogP contribution is -2.30. The van der Waals surface area contributed by atoms with Gasteiger partial charge in [-0.2, -0.15) is 5.26 Å². The number of rotatable bonds is 4. The third-order valence-electron chi connectivity index (χ3n) is 3.30. The first-order valence-corrected chi connectivity index (χ1v) is 6.74. The average Bonchev–Trinajstić information content (AvgIpc) is 2.53. The lowest BCUT2D eigenvalue weighted by Gasteiger charge is -2.27. The first-order valence-electron chi connectivity index (χ1n) is 6.74. The Kier molecular flexibility index (Phi) is 4.67. The van der Waals surface area contributed by atoms with Crippen molar-refractivity contribution in [2.24, 2.45) is 4.99 Å². The zero-order valence-electron chi connectivity index (χ0n) is 11.5. The highest BCUT2D eigenvalue weighted by Crippen LogP contribution is 2.19. The molecule has 102 valence electrons. The zero-order chi connectivity index (χ0) is 14.4. The van der Waals surface area contributed by atoms with Gasteiger partial charge in [-0.05, 0) is 37.0 Å². The predicted octanol–water partition coefficient (Wildman–Crippen LogP) is 3.19. The van der Waals surface area contributed by atoms with Crippen molar-refractivity contribution in [2.75, 3.05) is 18.0 Å². The Balaban J connectivity index is 2.04. The lowest BCUT2D eigenvalue weighted by atomic mass is 10.1. The van der Waals surface area contributed by atoms with Crippen molar-refractivity contribution in [3.8, 4) is 6.07 Å². The van der Waals surface area contributed by atoms with Crippen LogP contribution in [-0.2, 0) is 0 Å². The Bertz CT molecular complexity index is 557. The van der Waals surface area contributed by atoms with Crippen LogP contribution in [0, 0.1) is 11.3 Å². The van der Waals surface area contributed by atoms with E-state index in [-0.39, 0.29) is 5.70 Å². The number of allylic oxidation sites excluding steroid dienone is 2. The van der Waals surface area contributed by atoms with Crippen LogP contribution in [0.5, 0.6) is 0 Å². The maximum atomic E-state index is 8.59. The fourth-order valence-corrected chi connectivity index (χ4v) is 2.15. The fraction of sp³-hybridized carbons (Fsp3) is 0.312. The van der Waals surface area contributed by atoms with E-state index < -0.39 is 0 Å². The Morgan fingerprint density at radius 3 is 2.65 bits per heavy atom. The molecule has 1 aliphatic heterocycles. The van der Waals surface area contributed by atoms with Crippen LogP contribution in [-0.4, -0.2) is 24.3 Å². The van der Waals surface area contributed by atoms with Crippen LogP contribution in [0.4, 0.5) is 5.82 Å². The first kappa shape index (κ1) is 14.0. The summed E-state index contributed by atoms with van der Waals surface area (Å²) in [6, 6.07) is 5.87. The standard InChI is InChI=1S/C16H18N4/c1-13(11-18-14(2)10-17)15-6-7-16(19-12-15)20-8-4-3-5-9-20/h6-7,11-12H,1-5,8-9H2. The molecule has 0 atom stereocenters. The molecular formula is C16H18N4. The number of pyridine rings is 1. The molecule has 1 aliphatic rings. The molecular weight excluding hydrogens is 248 g/mol. The summed E-state index contributed by atoms with van der Waals surface area (Å²) in [6.07, 6.45) is 7.12. The molecule has 0 bridgehead atoms.